The summed E-state index contributed by atoms with van der Waals surface area (Å²) in [6.45, 7) is 2.99. The first-order valence-electron chi connectivity index (χ1n) is 8.44. The summed E-state index contributed by atoms with van der Waals surface area (Å²) in [5.74, 6) is 7.49. The van der Waals surface area contributed by atoms with Crippen molar-refractivity contribution in [2.24, 2.45) is 11.8 Å². The molecule has 1 aromatic rings. The van der Waals surface area contributed by atoms with Gasteiger partial charge in [-0.25, -0.2) is 0 Å². The topological polar surface area (TPSA) is 60.4 Å². The smallest absolute Gasteiger partial charge is 0.108 e. The van der Waals surface area contributed by atoms with Gasteiger partial charge in [0, 0.05) is 18.6 Å². The van der Waals surface area contributed by atoms with Crippen molar-refractivity contribution in [2.75, 3.05) is 6.61 Å². The van der Waals surface area contributed by atoms with Gasteiger partial charge in [0.05, 0.1) is 17.9 Å². The second kappa shape index (κ2) is 6.51. The zero-order valence-corrected chi connectivity index (χ0v) is 13.1. The molecule has 2 fully saturated rings. The van der Waals surface area contributed by atoms with Gasteiger partial charge in [0.25, 0.3) is 0 Å². The lowest BCUT2D eigenvalue weighted by Crippen LogP contribution is -2.46. The number of aryl methyl sites for hydroxylation is 1. The molecule has 2 heterocycles. The van der Waals surface area contributed by atoms with Crippen LogP contribution in [-0.2, 0) is 11.2 Å². The van der Waals surface area contributed by atoms with Gasteiger partial charge in [-0.2, -0.15) is 0 Å². The average molecular weight is 292 g/mol. The molecule has 1 spiro atoms. The van der Waals surface area contributed by atoms with E-state index in [4.69, 9.17) is 15.0 Å². The minimum atomic E-state index is 0.117. The molecule has 1 saturated carbocycles. The molecule has 0 bridgehead atoms. The summed E-state index contributed by atoms with van der Waals surface area (Å²) in [4.78, 5) is 0. The lowest BCUT2D eigenvalue weighted by Gasteiger charge is -2.45. The molecule has 0 amide bonds. The number of nitrogens with one attached hydrogen (secondary N) is 1. The van der Waals surface area contributed by atoms with Crippen molar-refractivity contribution in [3.8, 4) is 0 Å². The number of hydrazine groups is 1. The van der Waals surface area contributed by atoms with E-state index in [0.29, 0.717) is 5.92 Å². The lowest BCUT2D eigenvalue weighted by atomic mass is 9.73. The fraction of sp³-hybridized carbons (Fsp3) is 0.765. The first-order chi connectivity index (χ1) is 10.3. The Kier molecular flexibility index (Phi) is 4.67. The molecule has 1 aromatic heterocycles. The van der Waals surface area contributed by atoms with Crippen molar-refractivity contribution in [2.45, 2.75) is 69.9 Å². The highest BCUT2D eigenvalue weighted by atomic mass is 16.5. The highest BCUT2D eigenvalue weighted by Gasteiger charge is 2.41. The van der Waals surface area contributed by atoms with Crippen LogP contribution in [-0.4, -0.2) is 12.2 Å². The first kappa shape index (κ1) is 15.1. The molecule has 4 heteroatoms. The minimum Gasteiger partial charge on any atom is -0.469 e. The van der Waals surface area contributed by atoms with E-state index in [1.54, 1.807) is 6.26 Å². The molecule has 1 saturated heterocycles. The zero-order valence-electron chi connectivity index (χ0n) is 13.1. The quantitative estimate of drug-likeness (QED) is 0.659. The van der Waals surface area contributed by atoms with E-state index in [9.17, 15) is 0 Å². The molecular formula is C17H28N2O2. The van der Waals surface area contributed by atoms with Crippen LogP contribution in [0.2, 0.25) is 0 Å². The van der Waals surface area contributed by atoms with Crippen molar-refractivity contribution < 1.29 is 9.15 Å². The van der Waals surface area contributed by atoms with E-state index in [1.807, 2.05) is 0 Å². The maximum Gasteiger partial charge on any atom is 0.108 e. The van der Waals surface area contributed by atoms with Gasteiger partial charge in [0.1, 0.15) is 5.76 Å². The molecule has 2 atom stereocenters. The summed E-state index contributed by atoms with van der Waals surface area (Å²) in [5.41, 5.74) is 4.41. The summed E-state index contributed by atoms with van der Waals surface area (Å²) < 4.78 is 11.8. The van der Waals surface area contributed by atoms with Crippen LogP contribution in [0.1, 0.15) is 69.2 Å². The normalized spacial score (nSPS) is 26.9. The molecular weight excluding hydrogens is 264 g/mol. The lowest BCUT2D eigenvalue weighted by molar-refractivity contribution is -0.122. The molecule has 2 unspecified atom stereocenters. The van der Waals surface area contributed by atoms with E-state index in [2.05, 4.69) is 18.4 Å². The molecule has 0 radical (unpaired) electrons. The van der Waals surface area contributed by atoms with Gasteiger partial charge in [0.15, 0.2) is 0 Å². The van der Waals surface area contributed by atoms with Crippen LogP contribution in [0, 0.1) is 5.92 Å². The second-order valence-electron chi connectivity index (χ2n) is 6.64. The van der Waals surface area contributed by atoms with E-state index < -0.39 is 0 Å². The summed E-state index contributed by atoms with van der Waals surface area (Å²) >= 11 is 0. The molecule has 118 valence electrons. The fourth-order valence-electron chi connectivity index (χ4n) is 4.29. The van der Waals surface area contributed by atoms with Gasteiger partial charge in [-0.3, -0.25) is 11.3 Å². The molecule has 3 rings (SSSR count). The van der Waals surface area contributed by atoms with Gasteiger partial charge in [0.2, 0.25) is 0 Å². The van der Waals surface area contributed by atoms with Gasteiger partial charge < -0.3 is 9.15 Å². The number of ether oxygens (including phenoxy) is 1. The first-order valence-corrected chi connectivity index (χ1v) is 8.44. The van der Waals surface area contributed by atoms with Crippen LogP contribution in [0.3, 0.4) is 0 Å². The number of hydrogen-bond donors (Lipinski definition) is 2. The third-order valence-corrected chi connectivity index (χ3v) is 5.38. The van der Waals surface area contributed by atoms with Crippen LogP contribution >= 0.6 is 0 Å². The summed E-state index contributed by atoms with van der Waals surface area (Å²) in [5, 5.41) is 0. The monoisotopic (exact) mass is 292 g/mol. The molecule has 0 aromatic carbocycles. The average Bonchev–Trinajstić information content (AvgIpc) is 2.97. The largest absolute Gasteiger partial charge is 0.469 e. The second-order valence-corrected chi connectivity index (χ2v) is 6.64. The van der Waals surface area contributed by atoms with Crippen molar-refractivity contribution in [3.63, 3.8) is 0 Å². The number of rotatable bonds is 4. The Hall–Kier alpha value is -0.840. The summed E-state index contributed by atoms with van der Waals surface area (Å²) in [6, 6.07) is 2.26. The molecule has 2 aliphatic rings. The van der Waals surface area contributed by atoms with Crippen molar-refractivity contribution in [1.82, 2.24) is 5.43 Å². The Morgan fingerprint density at radius 2 is 2.19 bits per heavy atom. The maximum atomic E-state index is 6.21. The Labute approximate surface area is 127 Å². The SMILES string of the molecule is CCc1occc1C(NN)C1CCOC2(CCCCC2)C1. The number of hydrogen-bond acceptors (Lipinski definition) is 4. The molecule has 1 aliphatic carbocycles. The van der Waals surface area contributed by atoms with Crippen LogP contribution in [0.4, 0.5) is 0 Å². The Bertz CT molecular complexity index is 446. The molecule has 1 aliphatic heterocycles. The zero-order chi connectivity index (χ0) is 14.7. The van der Waals surface area contributed by atoms with Crippen LogP contribution in [0.15, 0.2) is 16.7 Å². The third-order valence-electron chi connectivity index (χ3n) is 5.38. The van der Waals surface area contributed by atoms with Gasteiger partial charge in [-0.05, 0) is 37.7 Å². The standard InChI is InChI=1S/C17H28N2O2/c1-2-15-14(7-10-20-15)16(19-18)13-6-11-21-17(12-13)8-4-3-5-9-17/h7,10,13,16,19H,2-6,8-9,11-12,18H2,1H3. The molecule has 3 N–H and O–H groups in total. The number of furan rings is 1. The fourth-order valence-corrected chi connectivity index (χ4v) is 4.29. The predicted octanol–water partition coefficient (Wildman–Crippen LogP) is 3.48. The number of nitrogens with two attached hydrogens (primary N) is 1. The van der Waals surface area contributed by atoms with Crippen LogP contribution in [0.25, 0.3) is 0 Å². The van der Waals surface area contributed by atoms with E-state index in [0.717, 1.165) is 31.6 Å². The van der Waals surface area contributed by atoms with E-state index in [-0.39, 0.29) is 11.6 Å². The molecule has 4 nitrogen and oxygen atoms in total. The third kappa shape index (κ3) is 3.03. The van der Waals surface area contributed by atoms with Crippen molar-refractivity contribution >= 4 is 0 Å². The molecule has 21 heavy (non-hydrogen) atoms. The Balaban J connectivity index is 1.77. The minimum absolute atomic E-state index is 0.117. The highest BCUT2D eigenvalue weighted by molar-refractivity contribution is 5.22. The van der Waals surface area contributed by atoms with Crippen molar-refractivity contribution in [1.29, 1.82) is 0 Å². The van der Waals surface area contributed by atoms with Gasteiger partial charge in [-0.15, -0.1) is 0 Å². The van der Waals surface area contributed by atoms with Crippen LogP contribution < -0.4 is 11.3 Å². The van der Waals surface area contributed by atoms with Crippen LogP contribution in [0.5, 0.6) is 0 Å². The maximum absolute atomic E-state index is 6.21. The van der Waals surface area contributed by atoms with Crippen molar-refractivity contribution in [3.05, 3.63) is 23.7 Å². The summed E-state index contributed by atoms with van der Waals surface area (Å²) in [6.07, 6.45) is 11.3. The highest BCUT2D eigenvalue weighted by Crippen LogP contribution is 2.44. The van der Waals surface area contributed by atoms with Gasteiger partial charge >= 0.3 is 0 Å². The van der Waals surface area contributed by atoms with E-state index >= 15 is 0 Å². The Morgan fingerprint density at radius 1 is 1.38 bits per heavy atom. The van der Waals surface area contributed by atoms with E-state index in [1.165, 1.54) is 37.7 Å². The van der Waals surface area contributed by atoms with Gasteiger partial charge in [-0.1, -0.05) is 26.2 Å². The summed E-state index contributed by atoms with van der Waals surface area (Å²) in [7, 11) is 0. The predicted molar refractivity (Wildman–Crippen MR) is 82.6 cm³/mol. The Morgan fingerprint density at radius 3 is 2.90 bits per heavy atom.